The number of halogens is 3. The molecule has 1 fully saturated rings. The fraction of sp³-hybridized carbons (Fsp3) is 0.500. The van der Waals surface area contributed by atoms with Gasteiger partial charge in [-0.05, 0) is 13.0 Å². The molecule has 2 rings (SSSR count). The van der Waals surface area contributed by atoms with Gasteiger partial charge in [0, 0.05) is 0 Å². The lowest BCUT2D eigenvalue weighted by Gasteiger charge is -2.21. The van der Waals surface area contributed by atoms with Crippen LogP contribution in [0.15, 0.2) is 6.07 Å². The first-order valence-electron chi connectivity index (χ1n) is 7.19. The van der Waals surface area contributed by atoms with Crippen LogP contribution in [-0.4, -0.2) is 38.8 Å². The number of aromatic amines is 1. The fourth-order valence-electron chi connectivity index (χ4n) is 2.44. The molecule has 1 aliphatic rings. The number of quaternary nitrogens is 1. The van der Waals surface area contributed by atoms with E-state index < -0.39 is 23.4 Å². The molecule has 1 aromatic rings. The summed E-state index contributed by atoms with van der Waals surface area (Å²) in [5.41, 5.74) is -1.88. The summed E-state index contributed by atoms with van der Waals surface area (Å²) in [5, 5.41) is 11.3. The standard InChI is InChI=1S/C14H15F3N4O2/c1-2-23-13(22)10-7-9(8-18)12(20-11(10)14(15,16)17)21-5-3-19-4-6-21/h7,19H,2-6H2,1H3/p+2. The molecule has 0 aromatic carbocycles. The fourth-order valence-corrected chi connectivity index (χ4v) is 2.44. The summed E-state index contributed by atoms with van der Waals surface area (Å²) in [6.45, 7) is 3.92. The highest BCUT2D eigenvalue weighted by atomic mass is 19.4. The van der Waals surface area contributed by atoms with E-state index in [0.717, 1.165) is 19.2 Å². The van der Waals surface area contributed by atoms with Gasteiger partial charge in [0.15, 0.2) is 0 Å². The number of anilines is 1. The Morgan fingerprint density at radius 2 is 2.13 bits per heavy atom. The van der Waals surface area contributed by atoms with E-state index in [-0.39, 0.29) is 18.0 Å². The van der Waals surface area contributed by atoms with E-state index in [2.05, 4.69) is 9.72 Å². The van der Waals surface area contributed by atoms with Gasteiger partial charge in [0.25, 0.3) is 5.82 Å². The SMILES string of the molecule is CCOC(=O)c1cc(C#N)c(N2CC[NH2+]CC2)[nH+]c1C(F)(F)F. The molecule has 0 atom stereocenters. The molecular formula is C14H17F3N4O2+2. The Morgan fingerprint density at radius 1 is 1.48 bits per heavy atom. The molecule has 0 amide bonds. The number of hydrogen-bond acceptors (Lipinski definition) is 4. The van der Waals surface area contributed by atoms with Crippen molar-refractivity contribution >= 4 is 11.8 Å². The molecule has 0 saturated carbocycles. The van der Waals surface area contributed by atoms with Crippen molar-refractivity contribution in [3.05, 3.63) is 22.9 Å². The largest absolute Gasteiger partial charge is 0.462 e. The first kappa shape index (κ1) is 17.0. The third-order valence-corrected chi connectivity index (χ3v) is 3.48. The lowest BCUT2D eigenvalue weighted by Crippen LogP contribution is -2.90. The molecule has 6 nitrogen and oxygen atoms in total. The first-order valence-corrected chi connectivity index (χ1v) is 7.19. The van der Waals surface area contributed by atoms with Crippen molar-refractivity contribution in [2.75, 3.05) is 37.7 Å². The van der Waals surface area contributed by atoms with E-state index in [4.69, 9.17) is 0 Å². The summed E-state index contributed by atoms with van der Waals surface area (Å²) in [6.07, 6.45) is -4.76. The number of H-pyrrole nitrogens is 1. The van der Waals surface area contributed by atoms with Gasteiger partial charge in [0.2, 0.25) is 5.69 Å². The monoisotopic (exact) mass is 330 g/mol. The van der Waals surface area contributed by atoms with Crippen LogP contribution in [0, 0.1) is 11.3 Å². The molecule has 0 aliphatic carbocycles. The Labute approximate surface area is 130 Å². The third kappa shape index (κ3) is 3.71. The van der Waals surface area contributed by atoms with Crippen molar-refractivity contribution in [3.8, 4) is 6.07 Å². The average Bonchev–Trinajstić information content (AvgIpc) is 2.53. The molecule has 0 bridgehead atoms. The van der Waals surface area contributed by atoms with E-state index in [1.807, 2.05) is 11.4 Å². The van der Waals surface area contributed by atoms with Gasteiger partial charge in [0.05, 0.1) is 6.61 Å². The van der Waals surface area contributed by atoms with Crippen molar-refractivity contribution in [3.63, 3.8) is 0 Å². The lowest BCUT2D eigenvalue weighted by molar-refractivity contribution is -0.656. The number of alkyl halides is 3. The second kappa shape index (κ2) is 6.83. The zero-order chi connectivity index (χ0) is 17.0. The molecule has 0 spiro atoms. The molecule has 124 valence electrons. The smallest absolute Gasteiger partial charge is 0.454 e. The van der Waals surface area contributed by atoms with Crippen LogP contribution in [0.4, 0.5) is 19.0 Å². The number of carbonyl (C=O) groups excluding carboxylic acids is 1. The van der Waals surface area contributed by atoms with Crippen molar-refractivity contribution in [2.24, 2.45) is 0 Å². The summed E-state index contributed by atoms with van der Waals surface area (Å²) in [7, 11) is 0. The van der Waals surface area contributed by atoms with Gasteiger partial charge in [-0.1, -0.05) is 0 Å². The Bertz CT molecular complexity index is 634. The predicted molar refractivity (Wildman–Crippen MR) is 72.5 cm³/mol. The summed E-state index contributed by atoms with van der Waals surface area (Å²) in [4.78, 5) is 15.7. The number of nitrogens with zero attached hydrogens (tertiary/aromatic N) is 2. The van der Waals surface area contributed by atoms with Crippen LogP contribution in [-0.2, 0) is 10.9 Å². The Hall–Kier alpha value is -2.34. The predicted octanol–water partition coefficient (Wildman–Crippen LogP) is -0.0487. The van der Waals surface area contributed by atoms with Crippen LogP contribution in [0.2, 0.25) is 0 Å². The number of nitrogens with two attached hydrogens (primary N) is 1. The number of carbonyl (C=O) groups is 1. The van der Waals surface area contributed by atoms with E-state index in [1.54, 1.807) is 4.90 Å². The summed E-state index contributed by atoms with van der Waals surface area (Å²) >= 11 is 0. The van der Waals surface area contributed by atoms with Crippen LogP contribution >= 0.6 is 0 Å². The van der Waals surface area contributed by atoms with E-state index >= 15 is 0 Å². The minimum atomic E-state index is -4.76. The number of hydrogen-bond donors (Lipinski definition) is 1. The highest BCUT2D eigenvalue weighted by molar-refractivity contribution is 5.91. The Morgan fingerprint density at radius 3 is 2.65 bits per heavy atom. The number of nitrogens with one attached hydrogen (secondary N) is 1. The summed E-state index contributed by atoms with van der Waals surface area (Å²) in [6, 6.07) is 2.80. The van der Waals surface area contributed by atoms with Crippen molar-refractivity contribution in [2.45, 2.75) is 13.1 Å². The number of pyridine rings is 1. The number of nitriles is 1. The number of esters is 1. The molecule has 0 radical (unpaired) electrons. The molecule has 9 heteroatoms. The van der Waals surface area contributed by atoms with Crippen molar-refractivity contribution < 1.29 is 33.0 Å². The van der Waals surface area contributed by atoms with Crippen LogP contribution in [0.1, 0.15) is 28.5 Å². The Balaban J connectivity index is 2.56. The van der Waals surface area contributed by atoms with Crippen LogP contribution in [0.25, 0.3) is 0 Å². The van der Waals surface area contributed by atoms with Crippen LogP contribution in [0.3, 0.4) is 0 Å². The maximum atomic E-state index is 13.3. The molecule has 2 heterocycles. The molecule has 3 N–H and O–H groups in total. The van der Waals surface area contributed by atoms with Gasteiger partial charge < -0.3 is 10.1 Å². The van der Waals surface area contributed by atoms with Gasteiger partial charge in [-0.25, -0.2) is 14.7 Å². The van der Waals surface area contributed by atoms with Gasteiger partial charge in [-0.15, -0.1) is 0 Å². The van der Waals surface area contributed by atoms with Crippen LogP contribution < -0.4 is 15.2 Å². The number of piperazine rings is 1. The number of ether oxygens (including phenoxy) is 1. The maximum absolute atomic E-state index is 13.3. The summed E-state index contributed by atoms with van der Waals surface area (Å²) < 4.78 is 44.5. The Kier molecular flexibility index (Phi) is 5.05. The first-order chi connectivity index (χ1) is 10.9. The zero-order valence-corrected chi connectivity index (χ0v) is 12.5. The van der Waals surface area contributed by atoms with Crippen LogP contribution in [0.5, 0.6) is 0 Å². The van der Waals surface area contributed by atoms with Crippen molar-refractivity contribution in [1.82, 2.24) is 0 Å². The normalized spacial score (nSPS) is 15.2. The molecule has 0 unspecified atom stereocenters. The van der Waals surface area contributed by atoms with E-state index in [9.17, 15) is 23.2 Å². The van der Waals surface area contributed by atoms with Gasteiger partial charge in [-0.3, -0.25) is 0 Å². The molecule has 1 aliphatic heterocycles. The second-order valence-electron chi connectivity index (χ2n) is 5.00. The topological polar surface area (TPSA) is 84.1 Å². The molecule has 1 saturated heterocycles. The summed E-state index contributed by atoms with van der Waals surface area (Å²) in [5.74, 6) is -1.02. The molecule has 23 heavy (non-hydrogen) atoms. The van der Waals surface area contributed by atoms with E-state index in [1.165, 1.54) is 6.92 Å². The zero-order valence-electron chi connectivity index (χ0n) is 12.5. The van der Waals surface area contributed by atoms with E-state index in [0.29, 0.717) is 13.1 Å². The maximum Gasteiger partial charge on any atom is 0.454 e. The van der Waals surface area contributed by atoms with Gasteiger partial charge in [0.1, 0.15) is 43.4 Å². The van der Waals surface area contributed by atoms with Gasteiger partial charge >= 0.3 is 12.1 Å². The number of rotatable bonds is 3. The highest BCUT2D eigenvalue weighted by Gasteiger charge is 2.42. The third-order valence-electron chi connectivity index (χ3n) is 3.48. The highest BCUT2D eigenvalue weighted by Crippen LogP contribution is 2.31. The minimum Gasteiger partial charge on any atom is -0.462 e. The second-order valence-corrected chi connectivity index (χ2v) is 5.00. The molecule has 1 aromatic heterocycles. The minimum absolute atomic E-state index is 0.0112. The average molecular weight is 330 g/mol. The molecular weight excluding hydrogens is 313 g/mol. The van der Waals surface area contributed by atoms with Crippen molar-refractivity contribution in [1.29, 1.82) is 5.26 Å². The number of aromatic nitrogens is 1. The van der Waals surface area contributed by atoms with Gasteiger partial charge in [-0.2, -0.15) is 18.4 Å². The lowest BCUT2D eigenvalue weighted by atomic mass is 10.1. The quantitative estimate of drug-likeness (QED) is 0.788.